The van der Waals surface area contributed by atoms with Gasteiger partial charge in [-0.15, -0.1) is 4.90 Å². The van der Waals surface area contributed by atoms with Crippen LogP contribution in [0.3, 0.4) is 0 Å². The normalized spacial score (nSPS) is 12.9. The van der Waals surface area contributed by atoms with Crippen molar-refractivity contribution in [1.82, 2.24) is 29.7 Å². The van der Waals surface area contributed by atoms with Crippen molar-refractivity contribution >= 4 is 75.4 Å². The Balaban J connectivity index is 2.39. The number of nitrogens with zero attached hydrogens (tertiary/aromatic N) is 6. The molecule has 0 spiro atoms. The number of anilines is 2. The highest BCUT2D eigenvalue weighted by atomic mass is 32.3. The summed E-state index contributed by atoms with van der Waals surface area (Å²) in [6.07, 6.45) is -0.824. The SMILES string of the molecule is CC(C)(C)OC(=O)N(C(=O)OC(C)(C)C)c1nc(N(C(=O)OC(C)(C)C)C(=O)OC(C)(C)C)c2c(=O)n(C(=O)OC(C)(C)C)c(=O)n(CCN[C@@H](CCCCNC(=O)OCc3ccccc3)C(=O)OCCS(C)(C)C)c2n1. The molecule has 2 aromatic heterocycles. The summed E-state index contributed by atoms with van der Waals surface area (Å²) in [6.45, 7) is 21.8. The highest BCUT2D eigenvalue weighted by Gasteiger charge is 2.41. The van der Waals surface area contributed by atoms with Gasteiger partial charge in [0, 0.05) is 25.4 Å². The van der Waals surface area contributed by atoms with Crippen LogP contribution in [0.15, 0.2) is 39.9 Å². The molecule has 77 heavy (non-hydrogen) atoms. The molecule has 2 heterocycles. The van der Waals surface area contributed by atoms with Gasteiger partial charge in [0.25, 0.3) is 5.56 Å². The third kappa shape index (κ3) is 21.7. The van der Waals surface area contributed by atoms with E-state index in [9.17, 15) is 43.2 Å². The van der Waals surface area contributed by atoms with Crippen molar-refractivity contribution in [3.05, 3.63) is 56.7 Å². The molecule has 0 aliphatic carbocycles. The van der Waals surface area contributed by atoms with Crippen molar-refractivity contribution < 1.29 is 66.7 Å². The second-order valence-electron chi connectivity index (χ2n) is 23.6. The van der Waals surface area contributed by atoms with Crippen molar-refractivity contribution in [2.24, 2.45) is 0 Å². The molecule has 0 radical (unpaired) electrons. The molecule has 1 atom stereocenters. The van der Waals surface area contributed by atoms with Gasteiger partial charge in [-0.3, -0.25) is 14.2 Å². The number of fused-ring (bicyclic) bond motifs is 1. The quantitative estimate of drug-likeness (QED) is 0.0729. The first-order chi connectivity index (χ1) is 35.2. The summed E-state index contributed by atoms with van der Waals surface area (Å²) in [5, 5.41) is 4.91. The molecule has 24 nitrogen and oxygen atoms in total. The Kier molecular flexibility index (Phi) is 21.8. The average Bonchev–Trinajstić information content (AvgIpc) is 3.22. The van der Waals surface area contributed by atoms with Crippen LogP contribution in [0.5, 0.6) is 0 Å². The Labute approximate surface area is 451 Å². The van der Waals surface area contributed by atoms with Gasteiger partial charge in [-0.05, 0) is 147 Å². The van der Waals surface area contributed by atoms with E-state index in [4.69, 9.17) is 33.2 Å². The number of imide groups is 2. The Morgan fingerprint density at radius 3 is 1.61 bits per heavy atom. The molecule has 0 unspecified atom stereocenters. The lowest BCUT2D eigenvalue weighted by molar-refractivity contribution is -0.145. The molecule has 0 saturated carbocycles. The number of nitrogens with one attached hydrogen (secondary N) is 2. The minimum atomic E-state index is -1.51. The fourth-order valence-corrected chi connectivity index (χ4v) is 7.04. The van der Waals surface area contributed by atoms with Crippen LogP contribution in [0.1, 0.15) is 129 Å². The van der Waals surface area contributed by atoms with Crippen molar-refractivity contribution in [3.8, 4) is 0 Å². The molecular formula is C52H80N8O16S. The highest BCUT2D eigenvalue weighted by Crippen LogP contribution is 2.34. The number of hydrogen-bond donors (Lipinski definition) is 2. The molecule has 0 aliphatic rings. The van der Waals surface area contributed by atoms with Crippen LogP contribution in [0.25, 0.3) is 11.0 Å². The van der Waals surface area contributed by atoms with E-state index in [1.54, 1.807) is 0 Å². The summed E-state index contributed by atoms with van der Waals surface area (Å²) in [5.41, 5.74) is -9.34. The molecule has 0 aliphatic heterocycles. The number of carbonyl (C=O) groups is 7. The summed E-state index contributed by atoms with van der Waals surface area (Å²) >= 11 is 0. The zero-order chi connectivity index (χ0) is 58.6. The lowest BCUT2D eigenvalue weighted by Gasteiger charge is -2.30. The lowest BCUT2D eigenvalue weighted by Crippen LogP contribution is -2.50. The maximum atomic E-state index is 15.0. The average molecular weight is 1110 g/mol. The number of unbranched alkanes of at least 4 members (excludes halogenated alkanes) is 1. The number of carbonyl (C=O) groups excluding carboxylic acids is 7. The van der Waals surface area contributed by atoms with Crippen LogP contribution in [-0.2, 0) is 51.1 Å². The molecular weight excluding hydrogens is 1020 g/mol. The van der Waals surface area contributed by atoms with Crippen LogP contribution in [0, 0.1) is 0 Å². The topological polar surface area (TPSA) is 284 Å². The zero-order valence-corrected chi connectivity index (χ0v) is 48.8. The smallest absolute Gasteiger partial charge is 0.427 e. The summed E-state index contributed by atoms with van der Waals surface area (Å²) < 4.78 is 39.8. The van der Waals surface area contributed by atoms with E-state index in [2.05, 4.69) is 39.4 Å². The number of ether oxygens (including phenoxy) is 7. The number of benzene rings is 1. The minimum absolute atomic E-state index is 0.0701. The van der Waals surface area contributed by atoms with Crippen molar-refractivity contribution in [2.75, 3.05) is 54.0 Å². The fraction of sp³-hybridized carbons (Fsp3) is 0.635. The molecule has 3 aromatic rings. The van der Waals surface area contributed by atoms with Gasteiger partial charge >= 0.3 is 48.2 Å². The predicted molar refractivity (Wildman–Crippen MR) is 291 cm³/mol. The molecule has 430 valence electrons. The summed E-state index contributed by atoms with van der Waals surface area (Å²) in [6, 6.07) is 8.11. The molecule has 0 saturated heterocycles. The monoisotopic (exact) mass is 1100 g/mol. The fourth-order valence-electron chi connectivity index (χ4n) is 6.46. The number of rotatable bonds is 17. The Bertz CT molecular complexity index is 2660. The Hall–Kier alpha value is -6.76. The summed E-state index contributed by atoms with van der Waals surface area (Å²) in [4.78, 5) is 136. The number of esters is 1. The van der Waals surface area contributed by atoms with Crippen LogP contribution in [-0.4, -0.2) is 140 Å². The summed E-state index contributed by atoms with van der Waals surface area (Å²) in [5.74, 6) is -2.04. The molecule has 3 rings (SSSR count). The van der Waals surface area contributed by atoms with Crippen LogP contribution in [0.4, 0.5) is 40.5 Å². The maximum absolute atomic E-state index is 15.0. The number of aromatic nitrogens is 4. The second-order valence-corrected chi connectivity index (χ2v) is 28.2. The van der Waals surface area contributed by atoms with E-state index in [0.29, 0.717) is 18.6 Å². The van der Waals surface area contributed by atoms with Gasteiger partial charge in [-0.25, -0.2) is 43.6 Å². The van der Waals surface area contributed by atoms with Crippen molar-refractivity contribution in [1.29, 1.82) is 0 Å². The highest BCUT2D eigenvalue weighted by molar-refractivity contribution is 8.32. The van der Waals surface area contributed by atoms with E-state index >= 15 is 0 Å². The van der Waals surface area contributed by atoms with Gasteiger partial charge in [0.15, 0.2) is 11.5 Å². The lowest BCUT2D eigenvalue weighted by atomic mass is 10.1. The standard InChI is InChI=1S/C52H80N8O16S/c1-48(2,3)72-43(65)58(44(66)73-49(4,5)6)37-35-36(55-40(56-37)60(46(68)75-51(10,11)12)47(69)76-52(13,14)15)57(42(64)59(38(35)61)45(67)74-50(7,8)9)29-28-53-34(39(62)70-30-31-77(16,17)18)26-22-23-27-54-41(63)71-32-33-24-20-19-21-25-33/h19-21,24-25,34,53H,22-23,26-32H2,1-18H3,(H,54,63)/t34-/m0/s1. The maximum Gasteiger partial charge on any atom is 0.427 e. The van der Waals surface area contributed by atoms with Gasteiger partial charge < -0.3 is 43.8 Å². The molecule has 5 amide bonds. The van der Waals surface area contributed by atoms with Gasteiger partial charge in [-0.2, -0.15) is 19.4 Å². The largest absolute Gasteiger partial charge is 0.464 e. The van der Waals surface area contributed by atoms with E-state index in [1.165, 1.54) is 104 Å². The van der Waals surface area contributed by atoms with Crippen LogP contribution < -0.4 is 31.7 Å². The predicted octanol–water partition coefficient (Wildman–Crippen LogP) is 8.38. The molecule has 0 fully saturated rings. The van der Waals surface area contributed by atoms with Crippen molar-refractivity contribution in [3.63, 3.8) is 0 Å². The molecule has 0 bridgehead atoms. The van der Waals surface area contributed by atoms with E-state index < -0.39 is 127 Å². The van der Waals surface area contributed by atoms with E-state index in [-0.39, 0.29) is 47.1 Å². The summed E-state index contributed by atoms with van der Waals surface area (Å²) in [7, 11) is -1.07. The third-order valence-electron chi connectivity index (χ3n) is 9.60. The van der Waals surface area contributed by atoms with E-state index in [0.717, 1.165) is 10.1 Å². The molecule has 2 N–H and O–H groups in total. The first kappa shape index (κ1) is 64.5. The third-order valence-corrected chi connectivity index (χ3v) is 11.0. The van der Waals surface area contributed by atoms with Crippen LogP contribution >= 0.6 is 10.0 Å². The minimum Gasteiger partial charge on any atom is -0.464 e. The van der Waals surface area contributed by atoms with Gasteiger partial charge in [0.2, 0.25) is 5.95 Å². The molecule has 25 heteroatoms. The zero-order valence-electron chi connectivity index (χ0n) is 48.0. The number of hydrogen-bond acceptors (Lipinski definition) is 19. The van der Waals surface area contributed by atoms with E-state index in [1.807, 2.05) is 30.3 Å². The first-order valence-corrected chi connectivity index (χ1v) is 28.0. The molecule has 1 aromatic carbocycles. The van der Waals surface area contributed by atoms with Gasteiger partial charge in [0.1, 0.15) is 46.0 Å². The second kappa shape index (κ2) is 26.1. The number of amides is 5. The van der Waals surface area contributed by atoms with Crippen molar-refractivity contribution in [2.45, 2.75) is 170 Å². The Morgan fingerprint density at radius 1 is 0.636 bits per heavy atom. The number of alkyl carbamates (subject to hydrolysis) is 1. The van der Waals surface area contributed by atoms with Crippen LogP contribution in [0.2, 0.25) is 0 Å². The first-order valence-electron chi connectivity index (χ1n) is 25.0. The Morgan fingerprint density at radius 2 is 1.13 bits per heavy atom. The van der Waals surface area contributed by atoms with Gasteiger partial charge in [-0.1, -0.05) is 30.3 Å². The van der Waals surface area contributed by atoms with Gasteiger partial charge in [0.05, 0.1) is 6.61 Å².